The minimum Gasteiger partial charge on any atom is -0.394 e. The van der Waals surface area contributed by atoms with E-state index in [1.54, 1.807) is 0 Å². The van der Waals surface area contributed by atoms with Crippen molar-refractivity contribution < 1.29 is 31.3 Å². The molecular formula is C14H27NO6. The van der Waals surface area contributed by atoms with E-state index in [0.29, 0.717) is 13.3 Å². The molecule has 0 aliphatic carbocycles. The lowest BCUT2D eigenvalue weighted by atomic mass is 9.98. The van der Waals surface area contributed by atoms with Crippen molar-refractivity contribution in [1.82, 2.24) is 5.32 Å². The molecule has 0 aromatic carbocycles. The fourth-order valence-corrected chi connectivity index (χ4v) is 2.27. The number of nitrogens with one attached hydrogen (secondary N) is 1. The van der Waals surface area contributed by atoms with Gasteiger partial charge in [-0.15, -0.1) is 0 Å². The summed E-state index contributed by atoms with van der Waals surface area (Å²) in [6, 6.07) is 0. The number of hydrogen-bond donors (Lipinski definition) is 5. The van der Waals surface area contributed by atoms with Crippen molar-refractivity contribution in [1.29, 1.82) is 0 Å². The Bertz CT molecular complexity index is 330. The Kier molecular flexibility index (Phi) is 7.38. The van der Waals surface area contributed by atoms with Crippen LogP contribution in [-0.4, -0.2) is 63.6 Å². The minimum absolute atomic E-state index is 0.274. The molecule has 1 unspecified atom stereocenters. The van der Waals surface area contributed by atoms with Crippen LogP contribution in [0.2, 0.25) is 0 Å². The van der Waals surface area contributed by atoms with E-state index in [9.17, 15) is 20.1 Å². The number of unbranched alkanes of at least 4 members (excludes halogenated alkanes) is 4. The van der Waals surface area contributed by atoms with E-state index in [1.165, 1.54) is 0 Å². The molecule has 1 fully saturated rings. The largest absolute Gasteiger partial charge is 0.394 e. The first-order valence-electron chi connectivity index (χ1n) is 8.11. The molecule has 1 aliphatic rings. The van der Waals surface area contributed by atoms with Gasteiger partial charge in [0.05, 0.1) is 6.61 Å². The Balaban J connectivity index is 2.30. The van der Waals surface area contributed by atoms with Crippen molar-refractivity contribution in [3.63, 3.8) is 0 Å². The fourth-order valence-electron chi connectivity index (χ4n) is 2.27. The molecule has 5 atom stereocenters. The van der Waals surface area contributed by atoms with Crippen molar-refractivity contribution in [2.45, 2.75) is 76.1 Å². The van der Waals surface area contributed by atoms with Crippen LogP contribution in [-0.2, 0) is 9.53 Å². The second-order valence-corrected chi connectivity index (χ2v) is 5.33. The van der Waals surface area contributed by atoms with Crippen LogP contribution in [0.1, 0.15) is 46.8 Å². The van der Waals surface area contributed by atoms with E-state index >= 15 is 0 Å². The smallest absolute Gasteiger partial charge is 0.222 e. The molecule has 7 nitrogen and oxygen atoms in total. The summed E-state index contributed by atoms with van der Waals surface area (Å²) < 4.78 is 12.2. The Labute approximate surface area is 126 Å². The predicted molar refractivity (Wildman–Crippen MR) is 75.3 cm³/mol. The van der Waals surface area contributed by atoms with Crippen LogP contribution in [0.3, 0.4) is 0 Å². The average molecular weight is 306 g/mol. The summed E-state index contributed by atoms with van der Waals surface area (Å²) in [5.74, 6) is -0.315. The zero-order valence-corrected chi connectivity index (χ0v) is 12.1. The van der Waals surface area contributed by atoms with Crippen LogP contribution in [0.5, 0.6) is 0 Å². The van der Waals surface area contributed by atoms with Gasteiger partial charge in [0.1, 0.15) is 24.4 Å². The third-order valence-corrected chi connectivity index (χ3v) is 3.60. The molecule has 0 saturated carbocycles. The van der Waals surface area contributed by atoms with Gasteiger partial charge in [0.15, 0.2) is 6.23 Å². The van der Waals surface area contributed by atoms with Gasteiger partial charge in [-0.1, -0.05) is 32.6 Å². The van der Waals surface area contributed by atoms with E-state index < -0.39 is 37.3 Å². The minimum atomic E-state index is -1.49. The molecule has 1 aliphatic heterocycles. The average Bonchev–Trinajstić information content (AvgIpc) is 2.51. The number of carbonyl (C=O) groups excluding carboxylic acids is 1. The predicted octanol–water partition coefficient (Wildman–Crippen LogP) is -0.737. The summed E-state index contributed by atoms with van der Waals surface area (Å²) in [4.78, 5) is 11.8. The molecule has 0 spiro atoms. The van der Waals surface area contributed by atoms with Gasteiger partial charge in [-0.25, -0.2) is 0 Å². The van der Waals surface area contributed by atoms with Crippen LogP contribution in [0.25, 0.3) is 0 Å². The number of aliphatic hydroxyl groups is 4. The van der Waals surface area contributed by atoms with Gasteiger partial charge >= 0.3 is 0 Å². The summed E-state index contributed by atoms with van der Waals surface area (Å²) in [5.41, 5.74) is 0. The number of hydrogen-bond acceptors (Lipinski definition) is 6. The molecule has 0 bridgehead atoms. The SMILES string of the molecule is [2H]CCCCCCCC(=O)NC1O[C@H](CO)[C@@H](O)[C@H](O)[C@H]1O. The zero-order valence-electron chi connectivity index (χ0n) is 13.1. The third kappa shape index (κ3) is 5.52. The van der Waals surface area contributed by atoms with Gasteiger partial charge in [-0.3, -0.25) is 4.79 Å². The summed E-state index contributed by atoms with van der Waals surface area (Å²) >= 11 is 0. The number of rotatable bonds is 8. The van der Waals surface area contributed by atoms with Gasteiger partial charge in [0.25, 0.3) is 0 Å². The van der Waals surface area contributed by atoms with E-state index in [2.05, 4.69) is 5.32 Å². The molecule has 7 heteroatoms. The summed E-state index contributed by atoms with van der Waals surface area (Å²) in [6.07, 6.45) is -1.83. The van der Waals surface area contributed by atoms with Gasteiger partial charge in [-0.2, -0.15) is 0 Å². The number of aliphatic hydroxyl groups excluding tert-OH is 4. The van der Waals surface area contributed by atoms with Crippen molar-refractivity contribution in [2.24, 2.45) is 0 Å². The molecule has 5 N–H and O–H groups in total. The lowest BCUT2D eigenvalue weighted by Gasteiger charge is -2.40. The second kappa shape index (κ2) is 9.32. The van der Waals surface area contributed by atoms with Crippen LogP contribution in [0.15, 0.2) is 0 Å². The molecular weight excluding hydrogens is 278 g/mol. The monoisotopic (exact) mass is 306 g/mol. The fraction of sp³-hybridized carbons (Fsp3) is 0.929. The van der Waals surface area contributed by atoms with E-state index in [1.807, 2.05) is 0 Å². The van der Waals surface area contributed by atoms with Crippen LogP contribution < -0.4 is 5.32 Å². The maximum atomic E-state index is 11.8. The summed E-state index contributed by atoms with van der Waals surface area (Å²) in [7, 11) is 0. The number of ether oxygens (including phenoxy) is 1. The van der Waals surface area contributed by atoms with Gasteiger partial charge in [-0.05, 0) is 6.42 Å². The molecule has 124 valence electrons. The first kappa shape index (κ1) is 16.6. The van der Waals surface area contributed by atoms with E-state index in [-0.39, 0.29) is 12.3 Å². The molecule has 0 radical (unpaired) electrons. The lowest BCUT2D eigenvalue weighted by molar-refractivity contribution is -0.236. The van der Waals surface area contributed by atoms with Gasteiger partial charge in [0.2, 0.25) is 5.91 Å². The van der Waals surface area contributed by atoms with Crippen molar-refractivity contribution in [3.8, 4) is 0 Å². The van der Waals surface area contributed by atoms with E-state index in [0.717, 1.165) is 25.7 Å². The molecule has 0 aromatic rings. The highest BCUT2D eigenvalue weighted by atomic mass is 16.6. The molecule has 21 heavy (non-hydrogen) atoms. The molecule has 1 rings (SSSR count). The lowest BCUT2D eigenvalue weighted by Crippen LogP contribution is -2.63. The number of amides is 1. The maximum Gasteiger partial charge on any atom is 0.222 e. The second-order valence-electron chi connectivity index (χ2n) is 5.33. The molecule has 1 heterocycles. The highest BCUT2D eigenvalue weighted by Crippen LogP contribution is 2.19. The maximum absolute atomic E-state index is 11.8. The molecule has 1 saturated heterocycles. The van der Waals surface area contributed by atoms with Gasteiger partial charge in [0, 0.05) is 7.79 Å². The van der Waals surface area contributed by atoms with E-state index in [4.69, 9.17) is 11.2 Å². The van der Waals surface area contributed by atoms with Crippen molar-refractivity contribution >= 4 is 5.91 Å². The Morgan fingerprint density at radius 2 is 1.86 bits per heavy atom. The highest BCUT2D eigenvalue weighted by Gasteiger charge is 2.43. The van der Waals surface area contributed by atoms with Crippen LogP contribution in [0.4, 0.5) is 0 Å². The summed E-state index contributed by atoms with van der Waals surface area (Å²) in [6.45, 7) is -0.0923. The van der Waals surface area contributed by atoms with Crippen molar-refractivity contribution in [2.75, 3.05) is 6.61 Å². The standard InChI is InChI=1S/C14H27NO6/c1-2-3-4-5-6-7-10(17)15-14-13(20)12(19)11(18)9(8-16)21-14/h9,11-14,16,18-20H,2-8H2,1H3,(H,15,17)/t9-,11-,12+,13-,14?/m1/s1/i1D. The normalized spacial score (nSPS) is 33.5. The first-order valence-corrected chi connectivity index (χ1v) is 7.40. The number of carbonyl (C=O) groups is 1. The third-order valence-electron chi connectivity index (χ3n) is 3.60. The molecule has 0 aromatic heterocycles. The van der Waals surface area contributed by atoms with Gasteiger partial charge < -0.3 is 30.5 Å². The Hall–Kier alpha value is -0.730. The van der Waals surface area contributed by atoms with Crippen molar-refractivity contribution in [3.05, 3.63) is 0 Å². The highest BCUT2D eigenvalue weighted by molar-refractivity contribution is 5.76. The Morgan fingerprint density at radius 3 is 2.52 bits per heavy atom. The topological polar surface area (TPSA) is 119 Å². The van der Waals surface area contributed by atoms with Crippen LogP contribution >= 0.6 is 0 Å². The molecule has 1 amide bonds. The quantitative estimate of drug-likeness (QED) is 0.377. The first-order chi connectivity index (χ1) is 10.5. The summed E-state index contributed by atoms with van der Waals surface area (Å²) in [5, 5.41) is 40.6. The zero-order chi connectivity index (χ0) is 16.5. The van der Waals surface area contributed by atoms with Crippen LogP contribution in [0, 0.1) is 0 Å². The Morgan fingerprint density at radius 1 is 1.14 bits per heavy atom.